The van der Waals surface area contributed by atoms with Gasteiger partial charge in [-0.3, -0.25) is 14.4 Å². The van der Waals surface area contributed by atoms with Crippen LogP contribution in [0.25, 0.3) is 11.1 Å². The van der Waals surface area contributed by atoms with Crippen LogP contribution in [0.5, 0.6) is 0 Å². The molecule has 198 valence electrons. The first-order valence-corrected chi connectivity index (χ1v) is 13.3. The number of hydrogen-bond donors (Lipinski definition) is 3. The Hall–Kier alpha value is -3.48. The van der Waals surface area contributed by atoms with E-state index in [1.807, 2.05) is 56.3 Å². The predicted molar refractivity (Wildman–Crippen MR) is 145 cm³/mol. The van der Waals surface area contributed by atoms with Gasteiger partial charge in [0, 0.05) is 5.56 Å². The summed E-state index contributed by atoms with van der Waals surface area (Å²) in [4.78, 5) is 50.2. The molecule has 0 bridgehead atoms. The maximum Gasteiger partial charge on any atom is 0.251 e. The number of benzene rings is 2. The van der Waals surface area contributed by atoms with Crippen molar-refractivity contribution in [3.63, 3.8) is 0 Å². The van der Waals surface area contributed by atoms with Crippen molar-refractivity contribution in [2.75, 3.05) is 0 Å². The summed E-state index contributed by atoms with van der Waals surface area (Å²) in [5.74, 6) is -0.868. The highest BCUT2D eigenvalue weighted by molar-refractivity contribution is 5.98. The summed E-state index contributed by atoms with van der Waals surface area (Å²) in [5, 5.41) is 8.33. The summed E-state index contributed by atoms with van der Waals surface area (Å²) in [7, 11) is 0. The molecule has 3 rings (SSSR count). The van der Waals surface area contributed by atoms with E-state index in [0.717, 1.165) is 36.8 Å². The van der Waals surface area contributed by atoms with Crippen molar-refractivity contribution in [2.24, 2.45) is 11.8 Å². The molecule has 0 radical (unpaired) electrons. The second kappa shape index (κ2) is 13.7. The summed E-state index contributed by atoms with van der Waals surface area (Å²) in [6.45, 7) is 5.26. The molecule has 7 nitrogen and oxygen atoms in total. The van der Waals surface area contributed by atoms with Crippen molar-refractivity contribution in [1.82, 2.24) is 16.0 Å². The highest BCUT2D eigenvalue weighted by Crippen LogP contribution is 2.27. The summed E-state index contributed by atoms with van der Waals surface area (Å²) >= 11 is 0. The monoisotopic (exact) mass is 505 g/mol. The molecule has 0 saturated heterocycles. The summed E-state index contributed by atoms with van der Waals surface area (Å²) in [6.07, 6.45) is 6.71. The molecule has 3 atom stereocenters. The normalized spacial score (nSPS) is 16.3. The second-order valence-electron chi connectivity index (χ2n) is 10.4. The van der Waals surface area contributed by atoms with Crippen LogP contribution >= 0.6 is 0 Å². The third-order valence-electron chi connectivity index (χ3n) is 7.10. The molecule has 0 unspecified atom stereocenters. The fraction of sp³-hybridized carbons (Fsp3) is 0.467. The Labute approximate surface area is 219 Å². The molecule has 0 heterocycles. The second-order valence-corrected chi connectivity index (χ2v) is 10.4. The van der Waals surface area contributed by atoms with E-state index in [0.29, 0.717) is 24.2 Å². The largest absolute Gasteiger partial charge is 0.345 e. The number of nitrogens with one attached hydrogen (secondary N) is 3. The molecule has 1 fully saturated rings. The van der Waals surface area contributed by atoms with Crippen LogP contribution in [0, 0.1) is 11.8 Å². The summed E-state index contributed by atoms with van der Waals surface area (Å²) in [6, 6.07) is 15.0. The van der Waals surface area contributed by atoms with Crippen LogP contribution in [0.15, 0.2) is 54.6 Å². The van der Waals surface area contributed by atoms with Gasteiger partial charge < -0.3 is 20.7 Å². The van der Waals surface area contributed by atoms with E-state index < -0.39 is 29.9 Å². The molecule has 7 heteroatoms. The van der Waals surface area contributed by atoms with E-state index in [2.05, 4.69) is 16.0 Å². The molecule has 1 aliphatic rings. The first-order chi connectivity index (χ1) is 17.8. The van der Waals surface area contributed by atoms with Crippen LogP contribution in [0.2, 0.25) is 0 Å². The van der Waals surface area contributed by atoms with Crippen molar-refractivity contribution in [2.45, 2.75) is 77.4 Å². The van der Waals surface area contributed by atoms with Gasteiger partial charge >= 0.3 is 0 Å². The molecule has 3 amide bonds. The third kappa shape index (κ3) is 8.27. The standard InChI is InChI=1S/C30H39N3O4/c1-20(2)27(19-34)33-28(35)21(3)31-30(37)26(18-22-10-6-4-7-11-22)32-29(36)25-16-14-24(15-17-25)23-12-8-5-9-13-23/h5,8-9,12-17,19-22,26-27H,4,6-7,10-11,18H2,1-3H3,(H,31,37)(H,32,36)(H,33,35)/t21-,26-,27+/m0/s1. The Morgan fingerprint density at radius 3 is 2.03 bits per heavy atom. The average molecular weight is 506 g/mol. The van der Waals surface area contributed by atoms with E-state index in [1.54, 1.807) is 19.1 Å². The summed E-state index contributed by atoms with van der Waals surface area (Å²) < 4.78 is 0. The van der Waals surface area contributed by atoms with Gasteiger partial charge in [0.2, 0.25) is 11.8 Å². The van der Waals surface area contributed by atoms with E-state index in [-0.39, 0.29) is 11.8 Å². The van der Waals surface area contributed by atoms with E-state index in [1.165, 1.54) is 6.42 Å². The SMILES string of the molecule is CC(C)[C@@H](C=O)NC(=O)[C@H](C)NC(=O)[C@H](CC1CCCCC1)NC(=O)c1ccc(-c2ccccc2)cc1. The third-order valence-corrected chi connectivity index (χ3v) is 7.10. The van der Waals surface area contributed by atoms with Gasteiger partial charge in [0.15, 0.2) is 0 Å². The molecule has 2 aromatic carbocycles. The molecule has 3 N–H and O–H groups in total. The van der Waals surface area contributed by atoms with Crippen LogP contribution < -0.4 is 16.0 Å². The highest BCUT2D eigenvalue weighted by Gasteiger charge is 2.29. The minimum atomic E-state index is -0.843. The lowest BCUT2D eigenvalue weighted by atomic mass is 9.84. The molecule has 37 heavy (non-hydrogen) atoms. The first kappa shape index (κ1) is 28.1. The molecule has 1 aliphatic carbocycles. The fourth-order valence-corrected chi connectivity index (χ4v) is 4.70. The lowest BCUT2D eigenvalue weighted by molar-refractivity contribution is -0.131. The van der Waals surface area contributed by atoms with Gasteiger partial charge in [-0.05, 0) is 48.4 Å². The first-order valence-electron chi connectivity index (χ1n) is 13.3. The van der Waals surface area contributed by atoms with Crippen LogP contribution in [-0.2, 0) is 14.4 Å². The Balaban J connectivity index is 1.68. The van der Waals surface area contributed by atoms with Gasteiger partial charge in [-0.15, -0.1) is 0 Å². The maximum absolute atomic E-state index is 13.3. The van der Waals surface area contributed by atoms with Gasteiger partial charge in [0.05, 0.1) is 6.04 Å². The zero-order valence-corrected chi connectivity index (χ0v) is 22.0. The Bertz CT molecular complexity index is 1050. The minimum Gasteiger partial charge on any atom is -0.345 e. The molecule has 1 saturated carbocycles. The number of aldehydes is 1. The van der Waals surface area contributed by atoms with Gasteiger partial charge in [-0.2, -0.15) is 0 Å². The lowest BCUT2D eigenvalue weighted by Crippen LogP contribution is -2.55. The van der Waals surface area contributed by atoms with Crippen molar-refractivity contribution in [3.8, 4) is 11.1 Å². The van der Waals surface area contributed by atoms with E-state index >= 15 is 0 Å². The average Bonchev–Trinajstić information content (AvgIpc) is 2.92. The van der Waals surface area contributed by atoms with Gasteiger partial charge in [-0.25, -0.2) is 0 Å². The van der Waals surface area contributed by atoms with Crippen LogP contribution in [0.3, 0.4) is 0 Å². The predicted octanol–water partition coefficient (Wildman–Crippen LogP) is 4.27. The van der Waals surface area contributed by atoms with Crippen LogP contribution in [0.1, 0.15) is 69.7 Å². The van der Waals surface area contributed by atoms with Gasteiger partial charge in [0.25, 0.3) is 5.91 Å². The Kier molecular flexibility index (Phi) is 10.4. The highest BCUT2D eigenvalue weighted by atomic mass is 16.2. The Morgan fingerprint density at radius 1 is 0.811 bits per heavy atom. The Morgan fingerprint density at radius 2 is 1.43 bits per heavy atom. The molecular formula is C30H39N3O4. The zero-order valence-electron chi connectivity index (χ0n) is 22.0. The number of hydrogen-bond acceptors (Lipinski definition) is 4. The minimum absolute atomic E-state index is 0.0593. The van der Waals surface area contributed by atoms with Crippen LogP contribution in [0.4, 0.5) is 0 Å². The maximum atomic E-state index is 13.3. The molecule has 2 aromatic rings. The van der Waals surface area contributed by atoms with Gasteiger partial charge in [0.1, 0.15) is 18.4 Å². The molecule has 0 aromatic heterocycles. The molecule has 0 spiro atoms. The number of amides is 3. The zero-order chi connectivity index (χ0) is 26.8. The van der Waals surface area contributed by atoms with Crippen molar-refractivity contribution in [3.05, 3.63) is 60.2 Å². The van der Waals surface area contributed by atoms with Crippen molar-refractivity contribution < 1.29 is 19.2 Å². The lowest BCUT2D eigenvalue weighted by Gasteiger charge is -2.28. The molecule has 0 aliphatic heterocycles. The quantitative estimate of drug-likeness (QED) is 0.397. The van der Waals surface area contributed by atoms with Crippen LogP contribution in [-0.4, -0.2) is 42.1 Å². The van der Waals surface area contributed by atoms with E-state index in [4.69, 9.17) is 0 Å². The van der Waals surface area contributed by atoms with Crippen molar-refractivity contribution in [1.29, 1.82) is 0 Å². The number of rotatable bonds is 11. The topological polar surface area (TPSA) is 104 Å². The molecular weight excluding hydrogens is 466 g/mol. The fourth-order valence-electron chi connectivity index (χ4n) is 4.70. The smallest absolute Gasteiger partial charge is 0.251 e. The summed E-state index contributed by atoms with van der Waals surface area (Å²) in [5.41, 5.74) is 2.53. The van der Waals surface area contributed by atoms with E-state index in [9.17, 15) is 19.2 Å². The van der Waals surface area contributed by atoms with Crippen molar-refractivity contribution >= 4 is 24.0 Å². The van der Waals surface area contributed by atoms with Gasteiger partial charge in [-0.1, -0.05) is 88.4 Å². The number of carbonyl (C=O) groups excluding carboxylic acids is 4. The number of carbonyl (C=O) groups is 4.